The molecule has 0 saturated heterocycles. The van der Waals surface area contributed by atoms with Gasteiger partial charge in [-0.05, 0) is 47.5 Å². The number of benzene rings is 3. The fourth-order valence-corrected chi connectivity index (χ4v) is 2.78. The zero-order chi connectivity index (χ0) is 19.9. The minimum Gasteiger partial charge on any atom is -0.378 e. The van der Waals surface area contributed by atoms with Crippen molar-refractivity contribution in [2.75, 3.05) is 30.9 Å². The summed E-state index contributed by atoms with van der Waals surface area (Å²) in [6.07, 6.45) is 0. The first-order chi connectivity index (χ1) is 13.5. The third-order valence-electron chi connectivity index (χ3n) is 4.31. The molecular formula is C23H23N3O2. The zero-order valence-corrected chi connectivity index (χ0v) is 16.0. The monoisotopic (exact) mass is 373 g/mol. The van der Waals surface area contributed by atoms with Gasteiger partial charge >= 0.3 is 0 Å². The molecule has 0 aromatic heterocycles. The van der Waals surface area contributed by atoms with Crippen molar-refractivity contribution in [3.8, 4) is 11.1 Å². The molecule has 0 atom stereocenters. The van der Waals surface area contributed by atoms with Gasteiger partial charge in [-0.15, -0.1) is 0 Å². The molecule has 3 rings (SSSR count). The van der Waals surface area contributed by atoms with Gasteiger partial charge in [0.25, 0.3) is 5.91 Å². The first kappa shape index (κ1) is 19.2. The lowest BCUT2D eigenvalue weighted by Crippen LogP contribution is -2.32. The van der Waals surface area contributed by atoms with Crippen LogP contribution < -0.4 is 15.5 Å². The van der Waals surface area contributed by atoms with Crippen LogP contribution >= 0.6 is 0 Å². The largest absolute Gasteiger partial charge is 0.378 e. The molecule has 0 heterocycles. The Kier molecular flexibility index (Phi) is 6.07. The second-order valence-corrected chi connectivity index (χ2v) is 6.62. The van der Waals surface area contributed by atoms with E-state index in [1.54, 1.807) is 6.07 Å². The Morgan fingerprint density at radius 1 is 0.821 bits per heavy atom. The highest BCUT2D eigenvalue weighted by atomic mass is 16.2. The highest BCUT2D eigenvalue weighted by molar-refractivity contribution is 6.00. The fraction of sp³-hybridized carbons (Fsp3) is 0.130. The minimum atomic E-state index is -0.282. The summed E-state index contributed by atoms with van der Waals surface area (Å²) in [5, 5.41) is 5.45. The number of nitrogens with one attached hydrogen (secondary N) is 2. The van der Waals surface area contributed by atoms with Gasteiger partial charge in [0.2, 0.25) is 5.91 Å². The first-order valence-corrected chi connectivity index (χ1v) is 9.04. The Balaban J connectivity index is 1.57. The number of carbonyl (C=O) groups excluding carboxylic acids is 2. The number of hydrogen-bond acceptors (Lipinski definition) is 3. The van der Waals surface area contributed by atoms with Crippen molar-refractivity contribution >= 4 is 23.2 Å². The Labute approximate surface area is 165 Å². The van der Waals surface area contributed by atoms with E-state index in [1.165, 1.54) is 0 Å². The maximum absolute atomic E-state index is 12.4. The van der Waals surface area contributed by atoms with Gasteiger partial charge in [-0.25, -0.2) is 0 Å². The number of hydrogen-bond donors (Lipinski definition) is 2. The van der Waals surface area contributed by atoms with Gasteiger partial charge in [0.15, 0.2) is 0 Å². The van der Waals surface area contributed by atoms with Crippen LogP contribution in [0.15, 0.2) is 78.9 Å². The molecule has 0 bridgehead atoms. The summed E-state index contributed by atoms with van der Waals surface area (Å²) in [7, 11) is 3.91. The summed E-state index contributed by atoms with van der Waals surface area (Å²) in [5.41, 5.74) is 4.25. The van der Waals surface area contributed by atoms with Crippen molar-refractivity contribution in [1.29, 1.82) is 0 Å². The van der Waals surface area contributed by atoms with Crippen LogP contribution in [0.25, 0.3) is 11.1 Å². The summed E-state index contributed by atoms with van der Waals surface area (Å²) >= 11 is 0. The van der Waals surface area contributed by atoms with Gasteiger partial charge in [0, 0.05) is 31.0 Å². The Morgan fingerprint density at radius 2 is 1.50 bits per heavy atom. The van der Waals surface area contributed by atoms with Gasteiger partial charge in [0.05, 0.1) is 6.54 Å². The number of rotatable bonds is 6. The van der Waals surface area contributed by atoms with Crippen molar-refractivity contribution in [2.45, 2.75) is 0 Å². The maximum atomic E-state index is 12.4. The number of amides is 2. The molecular weight excluding hydrogens is 350 g/mol. The van der Waals surface area contributed by atoms with E-state index < -0.39 is 0 Å². The molecule has 2 amide bonds. The molecule has 0 aliphatic rings. The second kappa shape index (κ2) is 8.86. The summed E-state index contributed by atoms with van der Waals surface area (Å²) in [6.45, 7) is -0.0934. The summed E-state index contributed by atoms with van der Waals surface area (Å²) in [4.78, 5) is 26.5. The molecule has 28 heavy (non-hydrogen) atoms. The van der Waals surface area contributed by atoms with Gasteiger partial charge in [-0.3, -0.25) is 9.59 Å². The minimum absolute atomic E-state index is 0.0934. The van der Waals surface area contributed by atoms with Crippen LogP contribution in [0.5, 0.6) is 0 Å². The fourth-order valence-electron chi connectivity index (χ4n) is 2.78. The standard InChI is InChI=1S/C23H23N3O2/c1-26(2)21-13-11-20(12-14-21)25-22(27)16-24-23(28)19-10-6-9-18(15-19)17-7-4-3-5-8-17/h3-15H,16H2,1-2H3,(H,24,28)(H,25,27). The SMILES string of the molecule is CN(C)c1ccc(NC(=O)CNC(=O)c2cccc(-c3ccccc3)c2)cc1. The van der Waals surface area contributed by atoms with E-state index in [9.17, 15) is 9.59 Å². The van der Waals surface area contributed by atoms with Crippen LogP contribution in [0, 0.1) is 0 Å². The van der Waals surface area contributed by atoms with Crippen LogP contribution in [-0.2, 0) is 4.79 Å². The Bertz CT molecular complexity index is 951. The van der Waals surface area contributed by atoms with Crippen molar-refractivity contribution < 1.29 is 9.59 Å². The van der Waals surface area contributed by atoms with Crippen molar-refractivity contribution in [2.24, 2.45) is 0 Å². The topological polar surface area (TPSA) is 61.4 Å². The lowest BCUT2D eigenvalue weighted by atomic mass is 10.0. The van der Waals surface area contributed by atoms with E-state index in [-0.39, 0.29) is 18.4 Å². The van der Waals surface area contributed by atoms with Crippen LogP contribution in [0.4, 0.5) is 11.4 Å². The second-order valence-electron chi connectivity index (χ2n) is 6.62. The van der Waals surface area contributed by atoms with Gasteiger partial charge in [-0.1, -0.05) is 42.5 Å². The van der Waals surface area contributed by atoms with Gasteiger partial charge < -0.3 is 15.5 Å². The first-order valence-electron chi connectivity index (χ1n) is 9.04. The highest BCUT2D eigenvalue weighted by Gasteiger charge is 2.09. The van der Waals surface area contributed by atoms with Crippen LogP contribution in [0.1, 0.15) is 10.4 Å². The van der Waals surface area contributed by atoms with Gasteiger partial charge in [0.1, 0.15) is 0 Å². The van der Waals surface area contributed by atoms with E-state index in [1.807, 2.05) is 91.8 Å². The Hall–Kier alpha value is -3.60. The van der Waals surface area contributed by atoms with E-state index in [0.717, 1.165) is 16.8 Å². The summed E-state index contributed by atoms with van der Waals surface area (Å²) < 4.78 is 0. The summed E-state index contributed by atoms with van der Waals surface area (Å²) in [5.74, 6) is -0.555. The number of carbonyl (C=O) groups is 2. The molecule has 0 spiro atoms. The average molecular weight is 373 g/mol. The van der Waals surface area contributed by atoms with Gasteiger partial charge in [-0.2, -0.15) is 0 Å². The molecule has 0 radical (unpaired) electrons. The molecule has 0 aliphatic heterocycles. The average Bonchev–Trinajstić information content (AvgIpc) is 2.73. The van der Waals surface area contributed by atoms with E-state index in [4.69, 9.17) is 0 Å². The van der Waals surface area contributed by atoms with Crippen molar-refractivity contribution in [3.63, 3.8) is 0 Å². The molecule has 0 fully saturated rings. The molecule has 0 aliphatic carbocycles. The molecule has 0 unspecified atom stereocenters. The molecule has 142 valence electrons. The highest BCUT2D eigenvalue weighted by Crippen LogP contribution is 2.20. The molecule has 5 heteroatoms. The van der Waals surface area contributed by atoms with E-state index >= 15 is 0 Å². The molecule has 0 saturated carbocycles. The molecule has 2 N–H and O–H groups in total. The van der Waals surface area contributed by atoms with Crippen LogP contribution in [-0.4, -0.2) is 32.5 Å². The molecule has 3 aromatic carbocycles. The molecule has 3 aromatic rings. The predicted octanol–water partition coefficient (Wildman–Crippen LogP) is 3.79. The lowest BCUT2D eigenvalue weighted by molar-refractivity contribution is -0.115. The smallest absolute Gasteiger partial charge is 0.251 e. The maximum Gasteiger partial charge on any atom is 0.251 e. The number of anilines is 2. The summed E-state index contributed by atoms with van der Waals surface area (Å²) in [6, 6.07) is 24.7. The van der Waals surface area contributed by atoms with E-state index in [0.29, 0.717) is 11.3 Å². The number of nitrogens with zero attached hydrogens (tertiary/aromatic N) is 1. The van der Waals surface area contributed by atoms with Crippen molar-refractivity contribution in [3.05, 3.63) is 84.4 Å². The van der Waals surface area contributed by atoms with Crippen LogP contribution in [0.3, 0.4) is 0 Å². The normalized spacial score (nSPS) is 10.2. The quantitative estimate of drug-likeness (QED) is 0.691. The lowest BCUT2D eigenvalue weighted by Gasteiger charge is -2.13. The predicted molar refractivity (Wildman–Crippen MR) is 114 cm³/mol. The van der Waals surface area contributed by atoms with Crippen LogP contribution in [0.2, 0.25) is 0 Å². The third kappa shape index (κ3) is 4.98. The Morgan fingerprint density at radius 3 is 2.18 bits per heavy atom. The zero-order valence-electron chi connectivity index (χ0n) is 16.0. The molecule has 5 nitrogen and oxygen atoms in total. The van der Waals surface area contributed by atoms with E-state index in [2.05, 4.69) is 10.6 Å². The van der Waals surface area contributed by atoms with Crippen molar-refractivity contribution in [1.82, 2.24) is 5.32 Å². The third-order valence-corrected chi connectivity index (χ3v) is 4.31.